The van der Waals surface area contributed by atoms with E-state index in [1.807, 2.05) is 24.3 Å². The first-order chi connectivity index (χ1) is 9.78. The van der Waals surface area contributed by atoms with Gasteiger partial charge < -0.3 is 9.64 Å². The van der Waals surface area contributed by atoms with Crippen molar-refractivity contribution in [1.82, 2.24) is 9.80 Å². The number of hydrogen-bond donors (Lipinski definition) is 0. The third-order valence-corrected chi connectivity index (χ3v) is 4.40. The highest BCUT2D eigenvalue weighted by Crippen LogP contribution is 2.17. The van der Waals surface area contributed by atoms with E-state index < -0.39 is 0 Å². The molecule has 0 unspecified atom stereocenters. The van der Waals surface area contributed by atoms with Crippen LogP contribution in [0.5, 0.6) is 5.75 Å². The highest BCUT2D eigenvalue weighted by atomic mass is 79.9. The summed E-state index contributed by atoms with van der Waals surface area (Å²) >= 11 is 6.98. The topological polar surface area (TPSA) is 15.7 Å². The zero-order chi connectivity index (χ0) is 14.2. The second-order valence-corrected chi connectivity index (χ2v) is 6.74. The van der Waals surface area contributed by atoms with Gasteiger partial charge in [0.2, 0.25) is 0 Å². The maximum atomic E-state index is 5.81. The lowest BCUT2D eigenvalue weighted by atomic mass is 10.3. The molecule has 0 aromatic heterocycles. The number of alkyl halides is 1. The predicted molar refractivity (Wildman–Crippen MR) is 90.9 cm³/mol. The van der Waals surface area contributed by atoms with Gasteiger partial charge in [-0.25, -0.2) is 0 Å². The number of benzene rings is 1. The first kappa shape index (κ1) is 16.3. The van der Waals surface area contributed by atoms with Gasteiger partial charge in [0.15, 0.2) is 0 Å². The molecule has 1 aliphatic rings. The Hall–Kier alpha value is -0.100. The van der Waals surface area contributed by atoms with Crippen LogP contribution in [0.25, 0.3) is 0 Å². The van der Waals surface area contributed by atoms with Gasteiger partial charge in [0.05, 0.1) is 0 Å². The average molecular weight is 406 g/mol. The van der Waals surface area contributed by atoms with Crippen molar-refractivity contribution in [1.29, 1.82) is 0 Å². The normalized spacial score (nSPS) is 17.9. The van der Waals surface area contributed by atoms with Crippen molar-refractivity contribution >= 4 is 31.9 Å². The molecule has 20 heavy (non-hydrogen) atoms. The monoisotopic (exact) mass is 404 g/mol. The van der Waals surface area contributed by atoms with Crippen molar-refractivity contribution in [2.45, 2.75) is 6.42 Å². The minimum Gasteiger partial charge on any atom is -0.492 e. The third-order valence-electron chi connectivity index (χ3n) is 3.55. The van der Waals surface area contributed by atoms with Crippen LogP contribution in [0.15, 0.2) is 28.7 Å². The largest absolute Gasteiger partial charge is 0.492 e. The standard InChI is InChI=1S/C15H22Br2N2O/c16-5-8-18-6-2-7-19(10-9-18)11-12-20-15-4-1-3-14(17)13-15/h1,3-4,13H,2,5-12H2. The van der Waals surface area contributed by atoms with Crippen LogP contribution < -0.4 is 4.74 Å². The van der Waals surface area contributed by atoms with Crippen molar-refractivity contribution in [3.05, 3.63) is 28.7 Å². The van der Waals surface area contributed by atoms with Crippen molar-refractivity contribution in [3.63, 3.8) is 0 Å². The number of hydrogen-bond acceptors (Lipinski definition) is 3. The van der Waals surface area contributed by atoms with Crippen LogP contribution in [0.3, 0.4) is 0 Å². The maximum Gasteiger partial charge on any atom is 0.120 e. The molecule has 5 heteroatoms. The quantitative estimate of drug-likeness (QED) is 0.675. The molecule has 0 N–H and O–H groups in total. The lowest BCUT2D eigenvalue weighted by Gasteiger charge is -2.21. The zero-order valence-electron chi connectivity index (χ0n) is 11.7. The van der Waals surface area contributed by atoms with E-state index in [-0.39, 0.29) is 0 Å². The molecule has 0 saturated carbocycles. The van der Waals surface area contributed by atoms with Crippen LogP contribution >= 0.6 is 31.9 Å². The third kappa shape index (κ3) is 5.72. The van der Waals surface area contributed by atoms with Gasteiger partial charge in [0.1, 0.15) is 12.4 Å². The lowest BCUT2D eigenvalue weighted by molar-refractivity contribution is 0.210. The van der Waals surface area contributed by atoms with E-state index in [1.165, 1.54) is 26.1 Å². The Morgan fingerprint density at radius 2 is 1.80 bits per heavy atom. The molecule has 112 valence electrons. The molecular weight excluding hydrogens is 384 g/mol. The first-order valence-corrected chi connectivity index (χ1v) is 9.08. The Bertz CT molecular complexity index is 403. The molecule has 1 aromatic rings. The molecule has 1 aromatic carbocycles. The second kappa shape index (κ2) is 9.03. The van der Waals surface area contributed by atoms with E-state index >= 15 is 0 Å². The second-order valence-electron chi connectivity index (χ2n) is 5.03. The van der Waals surface area contributed by atoms with Gasteiger partial charge >= 0.3 is 0 Å². The van der Waals surface area contributed by atoms with Gasteiger partial charge in [-0.3, -0.25) is 4.90 Å². The van der Waals surface area contributed by atoms with Crippen LogP contribution in [0.1, 0.15) is 6.42 Å². The van der Waals surface area contributed by atoms with Crippen molar-refractivity contribution in [3.8, 4) is 5.75 Å². The summed E-state index contributed by atoms with van der Waals surface area (Å²) in [5, 5.41) is 1.07. The van der Waals surface area contributed by atoms with Gasteiger partial charge in [0, 0.05) is 36.0 Å². The molecule has 0 bridgehead atoms. The molecule has 0 radical (unpaired) electrons. The van der Waals surface area contributed by atoms with Gasteiger partial charge in [0.25, 0.3) is 0 Å². The Morgan fingerprint density at radius 3 is 2.50 bits per heavy atom. The average Bonchev–Trinajstić information content (AvgIpc) is 2.65. The number of rotatable bonds is 6. The first-order valence-electron chi connectivity index (χ1n) is 7.17. The van der Waals surface area contributed by atoms with E-state index in [0.29, 0.717) is 0 Å². The van der Waals surface area contributed by atoms with E-state index in [1.54, 1.807) is 0 Å². The molecule has 1 saturated heterocycles. The van der Waals surface area contributed by atoms with Crippen LogP contribution in [0.4, 0.5) is 0 Å². The molecule has 0 atom stereocenters. The molecule has 3 nitrogen and oxygen atoms in total. The predicted octanol–water partition coefficient (Wildman–Crippen LogP) is 3.23. The van der Waals surface area contributed by atoms with Crippen LogP contribution in [0, 0.1) is 0 Å². The molecule has 0 amide bonds. The summed E-state index contributed by atoms with van der Waals surface area (Å²) in [4.78, 5) is 5.04. The minimum absolute atomic E-state index is 0.759. The van der Waals surface area contributed by atoms with Crippen LogP contribution in [-0.2, 0) is 0 Å². The summed E-state index contributed by atoms with van der Waals surface area (Å²) in [5.74, 6) is 0.940. The molecule has 1 heterocycles. The SMILES string of the molecule is BrCCN1CCCN(CCOc2cccc(Br)c2)CC1. The van der Waals surface area contributed by atoms with E-state index in [0.717, 1.165) is 41.8 Å². The fourth-order valence-electron chi connectivity index (χ4n) is 2.44. The Balaban J connectivity index is 1.69. The zero-order valence-corrected chi connectivity index (χ0v) is 14.9. The summed E-state index contributed by atoms with van der Waals surface area (Å²) in [6, 6.07) is 8.04. The molecular formula is C15H22Br2N2O. The van der Waals surface area contributed by atoms with Gasteiger partial charge in [-0.15, -0.1) is 0 Å². The maximum absolute atomic E-state index is 5.81. The molecule has 2 rings (SSSR count). The molecule has 0 aliphatic carbocycles. The van der Waals surface area contributed by atoms with Crippen LogP contribution in [0.2, 0.25) is 0 Å². The Labute approximate surface area is 138 Å². The van der Waals surface area contributed by atoms with E-state index in [2.05, 4.69) is 41.7 Å². The Morgan fingerprint density at radius 1 is 1.05 bits per heavy atom. The highest BCUT2D eigenvalue weighted by Gasteiger charge is 2.13. The van der Waals surface area contributed by atoms with Crippen molar-refractivity contribution in [2.75, 3.05) is 51.2 Å². The highest BCUT2D eigenvalue weighted by molar-refractivity contribution is 9.10. The van der Waals surface area contributed by atoms with Crippen molar-refractivity contribution in [2.24, 2.45) is 0 Å². The lowest BCUT2D eigenvalue weighted by Crippen LogP contribution is -2.33. The summed E-state index contributed by atoms with van der Waals surface area (Å²) in [6.45, 7) is 7.64. The summed E-state index contributed by atoms with van der Waals surface area (Å²) in [7, 11) is 0. The summed E-state index contributed by atoms with van der Waals surface area (Å²) in [5.41, 5.74) is 0. The summed E-state index contributed by atoms with van der Waals surface area (Å²) < 4.78 is 6.88. The van der Waals surface area contributed by atoms with E-state index in [9.17, 15) is 0 Å². The summed E-state index contributed by atoms with van der Waals surface area (Å²) in [6.07, 6.45) is 1.25. The minimum atomic E-state index is 0.759. The van der Waals surface area contributed by atoms with Crippen molar-refractivity contribution < 1.29 is 4.74 Å². The number of ether oxygens (including phenoxy) is 1. The van der Waals surface area contributed by atoms with Gasteiger partial charge in [-0.1, -0.05) is 37.9 Å². The molecule has 0 spiro atoms. The van der Waals surface area contributed by atoms with Crippen LogP contribution in [-0.4, -0.2) is 61.0 Å². The smallest absolute Gasteiger partial charge is 0.120 e. The molecule has 1 aliphatic heterocycles. The number of halogens is 2. The van der Waals surface area contributed by atoms with E-state index in [4.69, 9.17) is 4.74 Å². The fourth-order valence-corrected chi connectivity index (χ4v) is 3.32. The molecule has 1 fully saturated rings. The number of nitrogens with zero attached hydrogens (tertiary/aromatic N) is 2. The Kier molecular flexibility index (Phi) is 7.35. The van der Waals surface area contributed by atoms with Gasteiger partial charge in [-0.05, 0) is 37.7 Å². The fraction of sp³-hybridized carbons (Fsp3) is 0.600. The van der Waals surface area contributed by atoms with Gasteiger partial charge in [-0.2, -0.15) is 0 Å².